The summed E-state index contributed by atoms with van der Waals surface area (Å²) in [6.45, 7) is 8.53. The third-order valence-corrected chi connectivity index (χ3v) is 12.1. The normalized spacial score (nSPS) is 17.4. The fraction of sp³-hybridized carbons (Fsp3) is 0.705. The van der Waals surface area contributed by atoms with Crippen molar-refractivity contribution >= 4 is 77.0 Å². The molecule has 1 rings (SSSR count). The summed E-state index contributed by atoms with van der Waals surface area (Å²) < 4.78 is 0. The molecule has 0 aliphatic carbocycles. The van der Waals surface area contributed by atoms with Gasteiger partial charge in [0.25, 0.3) is 0 Å². The van der Waals surface area contributed by atoms with Crippen LogP contribution in [-0.2, 0) is 62.3 Å². The number of hydrogen-bond acceptors (Lipinski definition) is 15. The highest BCUT2D eigenvalue weighted by atomic mass is 16.4. The lowest BCUT2D eigenvalue weighted by molar-refractivity contribution is -0.145. The molecule has 28 nitrogen and oxygen atoms in total. The van der Waals surface area contributed by atoms with Crippen LogP contribution in [0.25, 0.3) is 0 Å². The van der Waals surface area contributed by atoms with Crippen LogP contribution in [0.15, 0.2) is 0 Å². The van der Waals surface area contributed by atoms with Crippen molar-refractivity contribution in [2.75, 3.05) is 13.2 Å². The molecule has 0 unspecified atom stereocenters. The Labute approximate surface area is 415 Å². The molecule has 9 amide bonds. The van der Waals surface area contributed by atoms with Crippen molar-refractivity contribution in [1.82, 2.24) is 42.1 Å². The molecule has 1 aliphatic rings. The quantitative estimate of drug-likeness (QED) is 0.0298. The number of primary amides is 1. The average molecular weight is 1030 g/mol. The molecule has 0 aromatic rings. The van der Waals surface area contributed by atoms with Gasteiger partial charge >= 0.3 is 23.9 Å². The lowest BCUT2D eigenvalue weighted by Crippen LogP contribution is -2.62. The minimum Gasteiger partial charge on any atom is -0.481 e. The van der Waals surface area contributed by atoms with Gasteiger partial charge in [0.15, 0.2) is 0 Å². The number of carbonyl (C=O) groups is 13. The molecule has 1 aliphatic heterocycles. The van der Waals surface area contributed by atoms with Gasteiger partial charge in [-0.05, 0) is 49.9 Å². The van der Waals surface area contributed by atoms with Crippen LogP contribution in [0.3, 0.4) is 0 Å². The number of carbonyl (C=O) groups excluding carboxylic acids is 9. The second kappa shape index (κ2) is 30.7. The van der Waals surface area contributed by atoms with Crippen LogP contribution < -0.4 is 48.7 Å². The number of nitrogens with zero attached hydrogens (tertiary/aromatic N) is 1. The number of amides is 9. The van der Waals surface area contributed by atoms with Crippen LogP contribution in [0, 0.1) is 17.8 Å². The second-order valence-corrected chi connectivity index (χ2v) is 18.0. The van der Waals surface area contributed by atoms with Gasteiger partial charge in [0.1, 0.15) is 48.3 Å². The van der Waals surface area contributed by atoms with Crippen molar-refractivity contribution in [1.29, 1.82) is 0 Å². The van der Waals surface area contributed by atoms with E-state index in [0.717, 1.165) is 4.90 Å². The van der Waals surface area contributed by atoms with Gasteiger partial charge in [-0.1, -0.05) is 54.4 Å². The molecule has 406 valence electrons. The minimum atomic E-state index is -1.81. The summed E-state index contributed by atoms with van der Waals surface area (Å²) in [7, 11) is 0. The van der Waals surface area contributed by atoms with Gasteiger partial charge in [-0.15, -0.1) is 0 Å². The molecule has 1 saturated heterocycles. The number of nitrogens with one attached hydrogen (secondary N) is 7. The number of nitrogens with two attached hydrogens (primary N) is 2. The van der Waals surface area contributed by atoms with Gasteiger partial charge in [0.05, 0.1) is 19.1 Å². The van der Waals surface area contributed by atoms with Crippen LogP contribution in [0.4, 0.5) is 0 Å². The number of aliphatic hydroxyl groups excluding tert-OH is 1. The maximum Gasteiger partial charge on any atom is 0.326 e. The van der Waals surface area contributed by atoms with Gasteiger partial charge in [-0.2, -0.15) is 0 Å². The summed E-state index contributed by atoms with van der Waals surface area (Å²) in [5.41, 5.74) is 10.9. The Morgan fingerprint density at radius 1 is 0.556 bits per heavy atom. The molecule has 0 radical (unpaired) electrons. The molecule has 11 atom stereocenters. The molecule has 16 N–H and O–H groups in total. The fourth-order valence-corrected chi connectivity index (χ4v) is 7.31. The summed E-state index contributed by atoms with van der Waals surface area (Å²) in [5.74, 6) is -16.3. The summed E-state index contributed by atoms with van der Waals surface area (Å²) in [4.78, 5) is 167. The molecular weight excluding hydrogens is 957 g/mol. The maximum atomic E-state index is 14.2. The highest BCUT2D eigenvalue weighted by Gasteiger charge is 2.42. The third kappa shape index (κ3) is 20.8. The predicted octanol–water partition coefficient (Wildman–Crippen LogP) is -4.01. The zero-order valence-electron chi connectivity index (χ0n) is 41.3. The van der Waals surface area contributed by atoms with Gasteiger partial charge < -0.3 is 79.1 Å². The van der Waals surface area contributed by atoms with Crippen LogP contribution >= 0.6 is 0 Å². The van der Waals surface area contributed by atoms with Gasteiger partial charge in [-0.3, -0.25) is 57.5 Å². The Bertz CT molecular complexity index is 1990. The van der Waals surface area contributed by atoms with Crippen LogP contribution in [0.2, 0.25) is 0 Å². The Kier molecular flexibility index (Phi) is 26.9. The first-order chi connectivity index (χ1) is 33.6. The monoisotopic (exact) mass is 1030 g/mol. The van der Waals surface area contributed by atoms with Crippen LogP contribution in [0.1, 0.15) is 112 Å². The van der Waals surface area contributed by atoms with Crippen LogP contribution in [0.5, 0.6) is 0 Å². The highest BCUT2D eigenvalue weighted by molar-refractivity contribution is 5.99. The molecule has 1 heterocycles. The Morgan fingerprint density at radius 3 is 1.47 bits per heavy atom. The summed E-state index contributed by atoms with van der Waals surface area (Å²) in [5, 5.41) is 64.0. The van der Waals surface area contributed by atoms with E-state index in [1.165, 1.54) is 13.8 Å². The SMILES string of the molecule is CC[C@H](C)[C@H](NC(=O)[C@@H](N)CCC(=O)O)C(=O)N[C@@H](CCC(=O)O)C(=O)N[C@H](C(=O)N[C@@H](CO)C(=O)N[C@H](C(=O)N1CCC[C@H]1C(=O)N[C@@H](CCC(=O)O)C(=O)N[C@@H](CC(N)=O)C(=O)O)[C@@H](C)CC)C(C)C. The number of aliphatic hydroxyl groups is 1. The topological polar surface area (TPSA) is 463 Å². The Balaban J connectivity index is 3.34. The number of carboxylic acids is 4. The standard InChI is InChI=1S/C44H72N10O18/c1-7-21(5)34(52-36(63)23(45)11-14-30(57)58)42(69)48-25(13-16-32(61)62)38(65)51-33(20(3)4)41(68)50-27(19-55)39(66)53-35(22(6)8-2)43(70)54-17-9-10-28(54)40(67)47-24(12-15-31(59)60)37(64)49-26(44(71)72)18-29(46)56/h20-28,33-35,55H,7-19,45H2,1-6H3,(H2,46,56)(H,47,67)(H,48,69)(H,49,64)(H,50,68)(H,51,65)(H,52,63)(H,53,66)(H,57,58)(H,59,60)(H,61,62)(H,71,72)/t21-,22-,23-,24-,25-,26-,27-,28-,33-,34-,35-/m0/s1. The van der Waals surface area contributed by atoms with Crippen molar-refractivity contribution in [3.63, 3.8) is 0 Å². The first-order valence-corrected chi connectivity index (χ1v) is 23.6. The van der Waals surface area contributed by atoms with E-state index in [1.807, 2.05) is 0 Å². The number of likely N-dealkylation sites (tertiary alicyclic amines) is 1. The predicted molar refractivity (Wildman–Crippen MR) is 249 cm³/mol. The molecule has 0 aromatic carbocycles. The largest absolute Gasteiger partial charge is 0.481 e. The lowest BCUT2D eigenvalue weighted by atomic mass is 9.96. The van der Waals surface area contributed by atoms with Crippen molar-refractivity contribution in [2.24, 2.45) is 29.2 Å². The van der Waals surface area contributed by atoms with Crippen molar-refractivity contribution in [3.05, 3.63) is 0 Å². The number of rotatable bonds is 33. The molecule has 0 saturated carbocycles. The average Bonchev–Trinajstić information content (AvgIpc) is 3.81. The van der Waals surface area contributed by atoms with E-state index >= 15 is 0 Å². The summed E-state index contributed by atoms with van der Waals surface area (Å²) >= 11 is 0. The molecular formula is C44H72N10O18. The first-order valence-electron chi connectivity index (χ1n) is 23.6. The van der Waals surface area contributed by atoms with E-state index in [-0.39, 0.29) is 32.2 Å². The van der Waals surface area contributed by atoms with E-state index in [1.54, 1.807) is 27.7 Å². The number of hydrogen-bond donors (Lipinski definition) is 14. The lowest BCUT2D eigenvalue weighted by Gasteiger charge is -2.33. The van der Waals surface area contributed by atoms with Crippen molar-refractivity contribution in [3.8, 4) is 0 Å². The minimum absolute atomic E-state index is 0.0229. The van der Waals surface area contributed by atoms with Gasteiger partial charge in [-0.25, -0.2) is 4.79 Å². The van der Waals surface area contributed by atoms with E-state index in [2.05, 4.69) is 37.2 Å². The van der Waals surface area contributed by atoms with E-state index < -0.39 is 194 Å². The summed E-state index contributed by atoms with van der Waals surface area (Å²) in [6.07, 6.45) is -2.89. The number of carboxylic acid groups (broad SMARTS) is 4. The second-order valence-electron chi connectivity index (χ2n) is 18.0. The molecule has 72 heavy (non-hydrogen) atoms. The molecule has 0 aromatic heterocycles. The fourth-order valence-electron chi connectivity index (χ4n) is 7.31. The van der Waals surface area contributed by atoms with Crippen LogP contribution in [-0.4, -0.2) is 175 Å². The Morgan fingerprint density at radius 2 is 0.986 bits per heavy atom. The first kappa shape index (κ1) is 63.0. The zero-order chi connectivity index (χ0) is 55.2. The number of aliphatic carboxylic acids is 4. The van der Waals surface area contributed by atoms with Crippen molar-refractivity contribution < 1.29 is 87.9 Å². The van der Waals surface area contributed by atoms with Gasteiger partial charge in [0, 0.05) is 25.8 Å². The summed E-state index contributed by atoms with van der Waals surface area (Å²) in [6, 6.07) is -13.6. The molecule has 28 heteroatoms. The van der Waals surface area contributed by atoms with Crippen molar-refractivity contribution in [2.45, 2.75) is 167 Å². The smallest absolute Gasteiger partial charge is 0.326 e. The molecule has 0 bridgehead atoms. The molecule has 0 spiro atoms. The van der Waals surface area contributed by atoms with Gasteiger partial charge in [0.2, 0.25) is 53.2 Å². The highest BCUT2D eigenvalue weighted by Crippen LogP contribution is 2.22. The van der Waals surface area contributed by atoms with E-state index in [4.69, 9.17) is 16.6 Å². The Hall–Kier alpha value is -6.97. The third-order valence-electron chi connectivity index (χ3n) is 12.1. The maximum absolute atomic E-state index is 14.2. The van der Waals surface area contributed by atoms with E-state index in [9.17, 15) is 82.8 Å². The zero-order valence-corrected chi connectivity index (χ0v) is 41.3. The molecule has 1 fully saturated rings. The van der Waals surface area contributed by atoms with E-state index in [0.29, 0.717) is 6.42 Å².